The maximum absolute atomic E-state index is 11.8. The molecule has 1 aromatic rings. The van der Waals surface area contributed by atoms with Gasteiger partial charge in [-0.1, -0.05) is 0 Å². The molecule has 0 aromatic heterocycles. The van der Waals surface area contributed by atoms with Crippen molar-refractivity contribution in [3.05, 3.63) is 18.2 Å². The van der Waals surface area contributed by atoms with Gasteiger partial charge in [0.25, 0.3) is 0 Å². The largest absolute Gasteiger partial charge is 0.384 e. The number of halogens is 1. The highest BCUT2D eigenvalue weighted by atomic mass is 35.5. The molecule has 1 N–H and O–H groups in total. The minimum Gasteiger partial charge on any atom is -0.384 e. The average molecular weight is 354 g/mol. The van der Waals surface area contributed by atoms with Crippen molar-refractivity contribution in [3.63, 3.8) is 0 Å². The summed E-state index contributed by atoms with van der Waals surface area (Å²) in [6.45, 7) is 2.46. The van der Waals surface area contributed by atoms with E-state index in [1.165, 1.54) is 18.2 Å². The SMILES string of the molecule is CC(Cl)CCCNc1ccc(S(C)(=O)=O)cc1S(C)(=O)=O. The van der Waals surface area contributed by atoms with Crippen LogP contribution in [0, 0.1) is 0 Å². The monoisotopic (exact) mass is 353 g/mol. The van der Waals surface area contributed by atoms with E-state index in [4.69, 9.17) is 11.6 Å². The van der Waals surface area contributed by atoms with Crippen molar-refractivity contribution in [2.75, 3.05) is 24.4 Å². The van der Waals surface area contributed by atoms with Crippen molar-refractivity contribution in [2.24, 2.45) is 0 Å². The first-order chi connectivity index (χ1) is 9.51. The predicted octanol–water partition coefficient (Wildman–Crippen LogP) is 2.31. The lowest BCUT2D eigenvalue weighted by Gasteiger charge is -2.12. The van der Waals surface area contributed by atoms with E-state index in [0.717, 1.165) is 25.4 Å². The number of benzene rings is 1. The van der Waals surface area contributed by atoms with Gasteiger partial charge in [0.05, 0.1) is 15.5 Å². The zero-order chi connectivity index (χ0) is 16.3. The summed E-state index contributed by atoms with van der Waals surface area (Å²) < 4.78 is 46.7. The highest BCUT2D eigenvalue weighted by molar-refractivity contribution is 7.91. The van der Waals surface area contributed by atoms with Gasteiger partial charge in [-0.25, -0.2) is 16.8 Å². The third kappa shape index (κ3) is 5.84. The maximum Gasteiger partial charge on any atom is 0.177 e. The smallest absolute Gasteiger partial charge is 0.177 e. The summed E-state index contributed by atoms with van der Waals surface area (Å²) in [5.74, 6) is 0. The number of nitrogens with one attached hydrogen (secondary N) is 1. The van der Waals surface area contributed by atoms with E-state index in [1.807, 2.05) is 6.92 Å². The Morgan fingerprint density at radius 3 is 2.24 bits per heavy atom. The number of hydrogen-bond acceptors (Lipinski definition) is 5. The Balaban J connectivity index is 3.04. The van der Waals surface area contributed by atoms with E-state index in [1.54, 1.807) is 0 Å². The molecule has 1 unspecified atom stereocenters. The van der Waals surface area contributed by atoms with Crippen LogP contribution < -0.4 is 5.32 Å². The molecule has 0 bridgehead atoms. The molecule has 0 spiro atoms. The third-order valence-corrected chi connectivity index (χ3v) is 5.34. The van der Waals surface area contributed by atoms with E-state index >= 15 is 0 Å². The Labute approximate surface area is 131 Å². The molecule has 0 saturated carbocycles. The van der Waals surface area contributed by atoms with Crippen LogP contribution >= 0.6 is 11.6 Å². The molecule has 0 heterocycles. The summed E-state index contributed by atoms with van der Waals surface area (Å²) in [5, 5.41) is 3.08. The van der Waals surface area contributed by atoms with Gasteiger partial charge in [-0.05, 0) is 38.0 Å². The van der Waals surface area contributed by atoms with Gasteiger partial charge in [-0.2, -0.15) is 0 Å². The lowest BCUT2D eigenvalue weighted by Crippen LogP contribution is -2.10. The molecule has 1 aromatic carbocycles. The zero-order valence-corrected chi connectivity index (χ0v) is 14.6. The van der Waals surface area contributed by atoms with Crippen molar-refractivity contribution in [2.45, 2.75) is 34.9 Å². The van der Waals surface area contributed by atoms with Gasteiger partial charge >= 0.3 is 0 Å². The number of rotatable bonds is 7. The molecule has 0 aliphatic heterocycles. The molecule has 0 amide bonds. The molecule has 0 fully saturated rings. The van der Waals surface area contributed by atoms with Crippen LogP contribution in [0.25, 0.3) is 0 Å². The van der Waals surface area contributed by atoms with Crippen molar-refractivity contribution >= 4 is 37.0 Å². The second kappa shape index (κ2) is 6.98. The van der Waals surface area contributed by atoms with Crippen LogP contribution in [-0.4, -0.2) is 41.3 Å². The van der Waals surface area contributed by atoms with Crippen molar-refractivity contribution in [3.8, 4) is 0 Å². The second-order valence-electron chi connectivity index (χ2n) is 5.05. The fourth-order valence-corrected chi connectivity index (χ4v) is 3.55. The molecular formula is C13H20ClNO4S2. The Hall–Kier alpha value is -0.790. The summed E-state index contributed by atoms with van der Waals surface area (Å²) >= 11 is 5.84. The predicted molar refractivity (Wildman–Crippen MR) is 85.7 cm³/mol. The standard InChI is InChI=1S/C13H20ClNO4S2/c1-10(14)5-4-8-15-12-7-6-11(20(2,16)17)9-13(12)21(3,18)19/h6-7,9-10,15H,4-5,8H2,1-3H3. The number of hydrogen-bond donors (Lipinski definition) is 1. The van der Waals surface area contributed by atoms with Gasteiger partial charge < -0.3 is 5.32 Å². The van der Waals surface area contributed by atoms with Gasteiger partial charge in [0, 0.05) is 24.4 Å². The Morgan fingerprint density at radius 2 is 1.76 bits per heavy atom. The zero-order valence-electron chi connectivity index (χ0n) is 12.3. The van der Waals surface area contributed by atoms with E-state index in [0.29, 0.717) is 12.2 Å². The molecule has 0 saturated heterocycles. The Bertz CT molecular complexity index is 697. The summed E-state index contributed by atoms with van der Waals surface area (Å²) in [6, 6.07) is 4.07. The molecule has 1 atom stereocenters. The van der Waals surface area contributed by atoms with Crippen LogP contribution in [0.5, 0.6) is 0 Å². The highest BCUT2D eigenvalue weighted by Gasteiger charge is 2.17. The Morgan fingerprint density at radius 1 is 1.14 bits per heavy atom. The topological polar surface area (TPSA) is 80.3 Å². The van der Waals surface area contributed by atoms with E-state index in [2.05, 4.69) is 5.32 Å². The summed E-state index contributed by atoms with van der Waals surface area (Å²) in [4.78, 5) is -0.0211. The lowest BCUT2D eigenvalue weighted by atomic mass is 10.2. The number of alkyl halides is 1. The number of sulfone groups is 2. The van der Waals surface area contributed by atoms with Crippen molar-refractivity contribution in [1.29, 1.82) is 0 Å². The van der Waals surface area contributed by atoms with Crippen molar-refractivity contribution < 1.29 is 16.8 Å². The average Bonchev–Trinajstić information content (AvgIpc) is 2.32. The molecule has 120 valence electrons. The normalized spacial score (nSPS) is 13.9. The molecule has 0 aliphatic rings. The van der Waals surface area contributed by atoms with E-state index in [9.17, 15) is 16.8 Å². The third-order valence-electron chi connectivity index (χ3n) is 2.87. The molecule has 0 radical (unpaired) electrons. The molecule has 21 heavy (non-hydrogen) atoms. The molecule has 1 rings (SSSR count). The van der Waals surface area contributed by atoms with Gasteiger partial charge in [0.1, 0.15) is 0 Å². The molecule has 0 aliphatic carbocycles. The van der Waals surface area contributed by atoms with Crippen LogP contribution in [0.2, 0.25) is 0 Å². The quantitative estimate of drug-likeness (QED) is 0.601. The molecular weight excluding hydrogens is 334 g/mol. The first kappa shape index (κ1) is 18.3. The Kier molecular flexibility index (Phi) is 6.07. The van der Waals surface area contributed by atoms with E-state index in [-0.39, 0.29) is 15.2 Å². The van der Waals surface area contributed by atoms with Crippen LogP contribution in [0.3, 0.4) is 0 Å². The van der Waals surface area contributed by atoms with Gasteiger partial charge in [0.2, 0.25) is 0 Å². The minimum atomic E-state index is -3.52. The van der Waals surface area contributed by atoms with E-state index < -0.39 is 19.7 Å². The van der Waals surface area contributed by atoms with Crippen LogP contribution in [0.1, 0.15) is 19.8 Å². The minimum absolute atomic E-state index is 0.00986. The summed E-state index contributed by atoms with van der Waals surface area (Å²) in [6.07, 6.45) is 3.70. The second-order valence-corrected chi connectivity index (χ2v) is 9.80. The van der Waals surface area contributed by atoms with Crippen LogP contribution in [-0.2, 0) is 19.7 Å². The van der Waals surface area contributed by atoms with Gasteiger partial charge in [-0.15, -0.1) is 11.6 Å². The fourth-order valence-electron chi connectivity index (χ4n) is 1.79. The fraction of sp³-hybridized carbons (Fsp3) is 0.538. The lowest BCUT2D eigenvalue weighted by molar-refractivity contribution is 0.600. The van der Waals surface area contributed by atoms with Gasteiger partial charge in [0.15, 0.2) is 19.7 Å². The molecule has 8 heteroatoms. The van der Waals surface area contributed by atoms with Crippen LogP contribution in [0.15, 0.2) is 28.0 Å². The van der Waals surface area contributed by atoms with Crippen LogP contribution in [0.4, 0.5) is 5.69 Å². The van der Waals surface area contributed by atoms with Gasteiger partial charge in [-0.3, -0.25) is 0 Å². The highest BCUT2D eigenvalue weighted by Crippen LogP contribution is 2.25. The first-order valence-corrected chi connectivity index (χ1v) is 10.7. The number of anilines is 1. The molecule has 5 nitrogen and oxygen atoms in total. The summed E-state index contributed by atoms with van der Waals surface area (Å²) in [7, 11) is -6.97. The maximum atomic E-state index is 11.8. The summed E-state index contributed by atoms with van der Waals surface area (Å²) in [5.41, 5.74) is 0.409. The first-order valence-electron chi connectivity index (χ1n) is 6.44. The van der Waals surface area contributed by atoms with Crippen molar-refractivity contribution in [1.82, 2.24) is 0 Å².